The summed E-state index contributed by atoms with van der Waals surface area (Å²) in [5.74, 6) is 0.306. The number of hydrogen-bond donors (Lipinski definition) is 0. The second-order valence-corrected chi connectivity index (χ2v) is 2.99. The van der Waals surface area contributed by atoms with Crippen LogP contribution in [-0.4, -0.2) is 12.6 Å². The van der Waals surface area contributed by atoms with Crippen molar-refractivity contribution >= 4 is 5.97 Å². The van der Waals surface area contributed by atoms with Crippen LogP contribution in [0.25, 0.3) is 0 Å². The van der Waals surface area contributed by atoms with Crippen molar-refractivity contribution in [1.29, 1.82) is 0 Å². The minimum atomic E-state index is -0.398. The van der Waals surface area contributed by atoms with E-state index in [1.54, 1.807) is 6.92 Å². The summed E-state index contributed by atoms with van der Waals surface area (Å²) in [6, 6.07) is 7.57. The molecule has 3 heteroatoms. The molecule has 0 saturated heterocycles. The number of ether oxygens (including phenoxy) is 2. The van der Waals surface area contributed by atoms with Gasteiger partial charge in [0.1, 0.15) is 5.75 Å². The minimum absolute atomic E-state index is 0.369. The van der Waals surface area contributed by atoms with Crippen molar-refractivity contribution in [3.05, 3.63) is 42.2 Å². The normalized spacial score (nSPS) is 10.3. The Balaban J connectivity index is 2.46. The first kappa shape index (κ1) is 11.3. The third-order valence-electron chi connectivity index (χ3n) is 1.68. The van der Waals surface area contributed by atoms with Gasteiger partial charge in [-0.05, 0) is 31.5 Å². The van der Waals surface area contributed by atoms with Crippen LogP contribution in [-0.2, 0) is 9.53 Å². The summed E-state index contributed by atoms with van der Waals surface area (Å²) in [4.78, 5) is 10.9. The molecule has 0 radical (unpaired) electrons. The Hall–Kier alpha value is -1.77. The van der Waals surface area contributed by atoms with Crippen molar-refractivity contribution in [2.24, 2.45) is 0 Å². The predicted octanol–water partition coefficient (Wildman–Crippen LogP) is 2.45. The van der Waals surface area contributed by atoms with E-state index >= 15 is 0 Å². The molecule has 80 valence electrons. The molecule has 3 nitrogen and oxygen atoms in total. The molecule has 0 unspecified atom stereocenters. The highest BCUT2D eigenvalue weighted by atomic mass is 16.5. The third-order valence-corrected chi connectivity index (χ3v) is 1.68. The van der Waals surface area contributed by atoms with Crippen LogP contribution in [0.2, 0.25) is 0 Å². The maximum Gasteiger partial charge on any atom is 0.333 e. The van der Waals surface area contributed by atoms with Gasteiger partial charge in [-0.3, -0.25) is 0 Å². The summed E-state index contributed by atoms with van der Waals surface area (Å²) in [5.41, 5.74) is 1.11. The van der Waals surface area contributed by atoms with Crippen molar-refractivity contribution in [3.63, 3.8) is 0 Å². The average Bonchev–Trinajstić information content (AvgIpc) is 2.18. The van der Waals surface area contributed by atoms with Crippen LogP contribution >= 0.6 is 0 Å². The van der Waals surface area contributed by atoms with E-state index in [0.717, 1.165) is 5.56 Å². The number of rotatable bonds is 4. The summed E-state index contributed by atoms with van der Waals surface area (Å²) < 4.78 is 9.92. The maximum absolute atomic E-state index is 10.9. The largest absolute Gasteiger partial charge is 0.465 e. The summed E-state index contributed by atoms with van der Waals surface area (Å²) in [7, 11) is 0. The lowest BCUT2D eigenvalue weighted by atomic mass is 10.2. The first-order chi connectivity index (χ1) is 7.22. The topological polar surface area (TPSA) is 35.5 Å². The Kier molecular flexibility index (Phi) is 4.41. The maximum atomic E-state index is 10.9. The molecule has 0 saturated carbocycles. The molecule has 0 N–H and O–H groups in total. The van der Waals surface area contributed by atoms with Gasteiger partial charge in [-0.15, -0.1) is 0 Å². The molecule has 1 rings (SSSR count). The number of benzene rings is 1. The standard InChI is InChI=1S/C12H14O3/c1-3-14-12(13)7-8-15-11-6-4-5-10(2)9-11/h4-9H,3H2,1-2H3. The van der Waals surface area contributed by atoms with E-state index in [9.17, 15) is 4.79 Å². The van der Waals surface area contributed by atoms with E-state index in [2.05, 4.69) is 0 Å². The zero-order valence-electron chi connectivity index (χ0n) is 8.90. The predicted molar refractivity (Wildman–Crippen MR) is 57.6 cm³/mol. The Morgan fingerprint density at radius 3 is 2.93 bits per heavy atom. The van der Waals surface area contributed by atoms with Crippen LogP contribution in [0.1, 0.15) is 12.5 Å². The van der Waals surface area contributed by atoms with Crippen molar-refractivity contribution in [1.82, 2.24) is 0 Å². The van der Waals surface area contributed by atoms with Crippen LogP contribution in [0.3, 0.4) is 0 Å². The van der Waals surface area contributed by atoms with Crippen molar-refractivity contribution < 1.29 is 14.3 Å². The first-order valence-corrected chi connectivity index (χ1v) is 4.79. The lowest BCUT2D eigenvalue weighted by Crippen LogP contribution is -1.99. The van der Waals surface area contributed by atoms with Crippen molar-refractivity contribution in [2.45, 2.75) is 13.8 Å². The molecule has 1 aromatic rings. The van der Waals surface area contributed by atoms with Crippen LogP contribution < -0.4 is 4.74 Å². The van der Waals surface area contributed by atoms with Gasteiger partial charge in [0.05, 0.1) is 18.9 Å². The van der Waals surface area contributed by atoms with Gasteiger partial charge < -0.3 is 9.47 Å². The molecule has 0 atom stereocenters. The lowest BCUT2D eigenvalue weighted by molar-refractivity contribution is -0.137. The highest BCUT2D eigenvalue weighted by Crippen LogP contribution is 2.12. The highest BCUT2D eigenvalue weighted by molar-refractivity contribution is 5.81. The summed E-state index contributed by atoms with van der Waals surface area (Å²) in [6.45, 7) is 4.10. The molecule has 0 amide bonds. The Labute approximate surface area is 89.3 Å². The fraction of sp³-hybridized carbons (Fsp3) is 0.250. The van der Waals surface area contributed by atoms with E-state index in [4.69, 9.17) is 9.47 Å². The molecular formula is C12H14O3. The van der Waals surface area contributed by atoms with Gasteiger partial charge in [-0.1, -0.05) is 12.1 Å². The molecule has 15 heavy (non-hydrogen) atoms. The highest BCUT2D eigenvalue weighted by Gasteiger charge is 1.94. The zero-order chi connectivity index (χ0) is 11.1. The van der Waals surface area contributed by atoms with Gasteiger partial charge in [0.2, 0.25) is 0 Å². The van der Waals surface area contributed by atoms with E-state index < -0.39 is 5.97 Å². The lowest BCUT2D eigenvalue weighted by Gasteiger charge is -2.00. The van der Waals surface area contributed by atoms with Gasteiger partial charge in [0, 0.05) is 0 Å². The fourth-order valence-electron chi connectivity index (χ4n) is 1.05. The van der Waals surface area contributed by atoms with Crippen molar-refractivity contribution in [2.75, 3.05) is 6.61 Å². The van der Waals surface area contributed by atoms with Gasteiger partial charge in [-0.25, -0.2) is 4.79 Å². The van der Waals surface area contributed by atoms with E-state index in [-0.39, 0.29) is 0 Å². The number of hydrogen-bond acceptors (Lipinski definition) is 3. The van der Waals surface area contributed by atoms with Crippen LogP contribution in [0.4, 0.5) is 0 Å². The van der Waals surface area contributed by atoms with Gasteiger partial charge in [0.15, 0.2) is 0 Å². The number of carbonyl (C=O) groups is 1. The monoisotopic (exact) mass is 206 g/mol. The van der Waals surface area contributed by atoms with Gasteiger partial charge in [0.25, 0.3) is 0 Å². The third kappa shape index (κ3) is 4.31. The molecule has 0 aliphatic carbocycles. The van der Waals surface area contributed by atoms with Crippen LogP contribution in [0.5, 0.6) is 5.75 Å². The first-order valence-electron chi connectivity index (χ1n) is 4.79. The Morgan fingerprint density at radius 1 is 1.47 bits per heavy atom. The fourth-order valence-corrected chi connectivity index (χ4v) is 1.05. The second kappa shape index (κ2) is 5.86. The SMILES string of the molecule is CCOC(=O)C=COc1cccc(C)c1. The molecule has 0 fully saturated rings. The number of aryl methyl sites for hydroxylation is 1. The summed E-state index contributed by atoms with van der Waals surface area (Å²) in [5, 5.41) is 0. The number of carbonyl (C=O) groups excluding carboxylic acids is 1. The molecular weight excluding hydrogens is 192 g/mol. The van der Waals surface area contributed by atoms with Crippen molar-refractivity contribution in [3.8, 4) is 5.75 Å². The van der Waals surface area contributed by atoms with Gasteiger partial charge >= 0.3 is 5.97 Å². The molecule has 0 aliphatic rings. The molecule has 0 aromatic heterocycles. The Morgan fingerprint density at radius 2 is 2.27 bits per heavy atom. The molecule has 0 aliphatic heterocycles. The Bertz CT molecular complexity index is 356. The van der Waals surface area contributed by atoms with E-state index in [0.29, 0.717) is 12.4 Å². The second-order valence-electron chi connectivity index (χ2n) is 2.99. The summed E-state index contributed by atoms with van der Waals surface area (Å²) in [6.07, 6.45) is 2.58. The number of esters is 1. The van der Waals surface area contributed by atoms with E-state index in [1.807, 2.05) is 31.2 Å². The summed E-state index contributed by atoms with van der Waals surface area (Å²) >= 11 is 0. The van der Waals surface area contributed by atoms with Crippen LogP contribution in [0, 0.1) is 6.92 Å². The zero-order valence-corrected chi connectivity index (χ0v) is 8.90. The molecule has 1 aromatic carbocycles. The minimum Gasteiger partial charge on any atom is -0.465 e. The average molecular weight is 206 g/mol. The van der Waals surface area contributed by atoms with Gasteiger partial charge in [-0.2, -0.15) is 0 Å². The van der Waals surface area contributed by atoms with Crippen LogP contribution in [0.15, 0.2) is 36.6 Å². The van der Waals surface area contributed by atoms with E-state index in [1.165, 1.54) is 12.3 Å². The quantitative estimate of drug-likeness (QED) is 0.431. The molecule has 0 spiro atoms. The smallest absolute Gasteiger partial charge is 0.333 e. The molecule has 0 heterocycles. The molecule has 0 bridgehead atoms.